The van der Waals surface area contributed by atoms with E-state index in [0.29, 0.717) is 16.9 Å². The minimum absolute atomic E-state index is 0.0973. The fraction of sp³-hybridized carbons (Fsp3) is 0.387. The zero-order chi connectivity index (χ0) is 29.1. The van der Waals surface area contributed by atoms with Gasteiger partial charge in [0.05, 0.1) is 22.6 Å². The number of allylic oxidation sites excluding steroid dienone is 4. The predicted molar refractivity (Wildman–Crippen MR) is 162 cm³/mol. The van der Waals surface area contributed by atoms with Crippen molar-refractivity contribution < 1.29 is 4.79 Å². The third-order valence-corrected chi connectivity index (χ3v) is 7.49. The smallest absolute Gasteiger partial charge is 0.253 e. The van der Waals surface area contributed by atoms with Crippen molar-refractivity contribution >= 4 is 22.4 Å². The predicted octanol–water partition coefficient (Wildman–Crippen LogP) is 3.78. The Morgan fingerprint density at radius 3 is 2.48 bits per heavy atom. The van der Waals surface area contributed by atoms with E-state index in [-0.39, 0.29) is 24.1 Å². The van der Waals surface area contributed by atoms with Gasteiger partial charge in [-0.2, -0.15) is 5.10 Å². The van der Waals surface area contributed by atoms with Gasteiger partial charge in [0.15, 0.2) is 0 Å². The topological polar surface area (TPSA) is 112 Å². The highest BCUT2D eigenvalue weighted by molar-refractivity contribution is 6.08. The summed E-state index contributed by atoms with van der Waals surface area (Å²) >= 11 is 0. The lowest BCUT2D eigenvalue weighted by atomic mass is 9.97. The Morgan fingerprint density at radius 2 is 1.85 bits per heavy atom. The minimum atomic E-state index is -0.270. The van der Waals surface area contributed by atoms with E-state index in [0.717, 1.165) is 65.2 Å². The molecule has 9 nitrogen and oxygen atoms in total. The van der Waals surface area contributed by atoms with Crippen LogP contribution in [0.1, 0.15) is 58.3 Å². The maximum atomic E-state index is 13.7. The molecular weight excluding hydrogens is 502 g/mol. The van der Waals surface area contributed by atoms with Crippen molar-refractivity contribution in [1.29, 1.82) is 0 Å². The Morgan fingerprint density at radius 1 is 1.15 bits per heavy atom. The lowest BCUT2D eigenvalue weighted by Gasteiger charge is -2.33. The Kier molecular flexibility index (Phi) is 8.64. The number of carbonyl (C=O) groups excluding carboxylic acids is 1. The number of hydrogen-bond acceptors (Lipinski definition) is 6. The van der Waals surface area contributed by atoms with Gasteiger partial charge in [0.2, 0.25) is 0 Å². The number of likely N-dealkylation sites (N-methyl/N-ethyl adjacent to an activating group) is 1. The lowest BCUT2D eigenvalue weighted by Crippen LogP contribution is -2.45. The summed E-state index contributed by atoms with van der Waals surface area (Å²) in [5.74, 6) is 0.432. The van der Waals surface area contributed by atoms with Gasteiger partial charge >= 0.3 is 0 Å². The average molecular weight is 544 g/mol. The van der Waals surface area contributed by atoms with Crippen LogP contribution >= 0.6 is 0 Å². The molecule has 0 saturated carbocycles. The normalized spacial score (nSPS) is 15.2. The summed E-state index contributed by atoms with van der Waals surface area (Å²) in [7, 11) is 2.11. The van der Waals surface area contributed by atoms with Crippen molar-refractivity contribution in [3.05, 3.63) is 92.8 Å². The molecule has 1 aliphatic rings. The van der Waals surface area contributed by atoms with Crippen LogP contribution in [0.2, 0.25) is 0 Å². The van der Waals surface area contributed by atoms with E-state index < -0.39 is 0 Å². The van der Waals surface area contributed by atoms with Gasteiger partial charge in [-0.1, -0.05) is 18.7 Å². The molecule has 2 aromatic heterocycles. The summed E-state index contributed by atoms with van der Waals surface area (Å²) in [6, 6.07) is 5.92. The number of aryl methyl sites for hydroxylation is 3. The van der Waals surface area contributed by atoms with Crippen molar-refractivity contribution in [1.82, 2.24) is 29.9 Å². The van der Waals surface area contributed by atoms with Crippen LogP contribution < -0.4 is 16.6 Å². The first-order valence-corrected chi connectivity index (χ1v) is 13.7. The molecule has 1 saturated heterocycles. The van der Waals surface area contributed by atoms with Crippen molar-refractivity contribution in [3.63, 3.8) is 0 Å². The summed E-state index contributed by atoms with van der Waals surface area (Å²) in [4.78, 5) is 33.5. The van der Waals surface area contributed by atoms with Crippen molar-refractivity contribution in [3.8, 4) is 0 Å². The number of aromatic amines is 1. The zero-order valence-electron chi connectivity index (χ0n) is 24.5. The summed E-state index contributed by atoms with van der Waals surface area (Å²) < 4.78 is 1.94. The molecule has 0 atom stereocenters. The molecule has 3 heterocycles. The largest absolute Gasteiger partial charge is 0.385 e. The molecule has 0 aliphatic carbocycles. The van der Waals surface area contributed by atoms with Crippen LogP contribution in [-0.4, -0.2) is 63.7 Å². The van der Waals surface area contributed by atoms with E-state index in [1.165, 1.54) is 0 Å². The maximum Gasteiger partial charge on any atom is 0.253 e. The van der Waals surface area contributed by atoms with Crippen molar-refractivity contribution in [2.45, 2.75) is 47.2 Å². The Bertz CT molecular complexity index is 1550. The number of benzene rings is 1. The summed E-state index contributed by atoms with van der Waals surface area (Å²) in [6.45, 7) is 17.6. The highest BCUT2D eigenvalue weighted by Crippen LogP contribution is 2.30. The number of nitrogens with two attached hydrogens (primary N) is 1. The lowest BCUT2D eigenvalue weighted by molar-refractivity contribution is 0.0952. The molecular formula is C31H41N7O2. The first-order chi connectivity index (χ1) is 19.0. The second-order valence-corrected chi connectivity index (χ2v) is 10.9. The number of fused-ring (bicyclic) bond motifs is 1. The minimum Gasteiger partial charge on any atom is -0.385 e. The molecule has 1 fully saturated rings. The number of carbonyl (C=O) groups is 1. The molecule has 0 spiro atoms. The second-order valence-electron chi connectivity index (χ2n) is 10.9. The molecule has 1 amide bonds. The summed E-state index contributed by atoms with van der Waals surface area (Å²) in [5.41, 5.74) is 12.2. The second kappa shape index (κ2) is 12.0. The van der Waals surface area contributed by atoms with Gasteiger partial charge in [-0.25, -0.2) is 0 Å². The van der Waals surface area contributed by atoms with Crippen LogP contribution in [-0.2, 0) is 6.54 Å². The third-order valence-electron chi connectivity index (χ3n) is 7.49. The molecule has 0 unspecified atom stereocenters. The zero-order valence-corrected chi connectivity index (χ0v) is 24.5. The van der Waals surface area contributed by atoms with Crippen LogP contribution in [0.5, 0.6) is 0 Å². The Balaban J connectivity index is 1.74. The molecule has 40 heavy (non-hydrogen) atoms. The number of rotatable bonds is 8. The van der Waals surface area contributed by atoms with Gasteiger partial charge in [-0.15, -0.1) is 0 Å². The van der Waals surface area contributed by atoms with Gasteiger partial charge in [0.25, 0.3) is 11.5 Å². The SMILES string of the molecule is C=C/C(=C\C=C(/N)N1CCN(C)CC1)c1cc(C(=O)NCc2c(C)cc(C)[nH]c2=O)c2c(C)nn(C(C)C)c2c1. The van der Waals surface area contributed by atoms with Crippen LogP contribution in [0, 0.1) is 20.8 Å². The van der Waals surface area contributed by atoms with E-state index in [4.69, 9.17) is 10.8 Å². The number of hydrogen-bond donors (Lipinski definition) is 3. The van der Waals surface area contributed by atoms with E-state index in [2.05, 4.69) is 47.6 Å². The number of pyridine rings is 1. The van der Waals surface area contributed by atoms with E-state index in [1.807, 2.05) is 55.8 Å². The maximum absolute atomic E-state index is 13.7. The molecule has 0 bridgehead atoms. The number of H-pyrrole nitrogens is 1. The number of nitrogens with zero attached hydrogens (tertiary/aromatic N) is 4. The number of nitrogens with one attached hydrogen (secondary N) is 2. The fourth-order valence-corrected chi connectivity index (χ4v) is 5.19. The fourth-order valence-electron chi connectivity index (χ4n) is 5.19. The Hall–Kier alpha value is -4.11. The highest BCUT2D eigenvalue weighted by Gasteiger charge is 2.21. The van der Waals surface area contributed by atoms with Gasteiger partial charge in [0.1, 0.15) is 0 Å². The summed E-state index contributed by atoms with van der Waals surface area (Å²) in [6.07, 6.45) is 5.63. The molecule has 0 radical (unpaired) electrons. The van der Waals surface area contributed by atoms with Crippen molar-refractivity contribution in [2.75, 3.05) is 33.2 Å². The van der Waals surface area contributed by atoms with Gasteiger partial charge in [-0.05, 0) is 82.6 Å². The molecule has 3 aromatic rings. The highest BCUT2D eigenvalue weighted by atomic mass is 16.1. The standard InChI is InChI=1S/C31H41N7O2/c1-8-23(9-10-28(32)37-13-11-36(7)12-14-37)24-16-25(29-22(6)35-38(19(2)3)27(29)17-24)30(39)33-18-26-20(4)15-21(5)34-31(26)40/h8-10,15-17,19H,1,11-14,18,32H2,2-7H3,(H,33,39)(H,34,40)/b23-9+,28-10+. The summed E-state index contributed by atoms with van der Waals surface area (Å²) in [5, 5.41) is 8.51. The van der Waals surface area contributed by atoms with Crippen LogP contribution in [0.4, 0.5) is 0 Å². The third kappa shape index (κ3) is 6.04. The molecule has 9 heteroatoms. The number of amides is 1. The molecule has 1 aromatic carbocycles. The molecule has 1 aliphatic heterocycles. The van der Waals surface area contributed by atoms with Crippen LogP contribution in [0.3, 0.4) is 0 Å². The van der Waals surface area contributed by atoms with Gasteiger partial charge in [-0.3, -0.25) is 14.3 Å². The monoisotopic (exact) mass is 543 g/mol. The van der Waals surface area contributed by atoms with Crippen molar-refractivity contribution in [2.24, 2.45) is 5.73 Å². The van der Waals surface area contributed by atoms with Gasteiger partial charge in [0, 0.05) is 55.4 Å². The first-order valence-electron chi connectivity index (χ1n) is 13.7. The first kappa shape index (κ1) is 28.9. The van der Waals surface area contributed by atoms with E-state index in [9.17, 15) is 9.59 Å². The molecule has 4 rings (SSSR count). The van der Waals surface area contributed by atoms with Gasteiger partial charge < -0.3 is 25.8 Å². The molecule has 4 N–H and O–H groups in total. The Labute approximate surface area is 236 Å². The van der Waals surface area contributed by atoms with E-state index in [1.54, 1.807) is 6.08 Å². The number of piperazine rings is 1. The molecule has 212 valence electrons. The average Bonchev–Trinajstić information content (AvgIpc) is 3.24. The number of aromatic nitrogens is 3. The quantitative estimate of drug-likeness (QED) is 0.373. The van der Waals surface area contributed by atoms with Crippen LogP contribution in [0.15, 0.2) is 53.6 Å². The van der Waals surface area contributed by atoms with E-state index >= 15 is 0 Å². The van der Waals surface area contributed by atoms with Crippen LogP contribution in [0.25, 0.3) is 16.5 Å².